The standard InChI is InChI=1S/4C8H11N.4C5HF6N2.4Cu/c4*1-6-4-7(2)9-8(3)5-6;4*6-4(7,8)2-1-3(13-12-2)5(9,10)11;;;;/h4*4-5H,1-3H3;4*1H;;;;/q;;;;4*-1;4*+1. The Hall–Kier alpha value is -6.16. The summed E-state index contributed by atoms with van der Waals surface area (Å²) in [5.74, 6) is 0. The van der Waals surface area contributed by atoms with Crippen molar-refractivity contribution < 1.29 is 174 Å². The van der Waals surface area contributed by atoms with Gasteiger partial charge in [0.15, 0.2) is 0 Å². The summed E-state index contributed by atoms with van der Waals surface area (Å²) >= 11 is 0. The molecule has 0 unspecified atom stereocenters. The number of rotatable bonds is 0. The monoisotopic (exact) mass is 1550 g/mol. The molecule has 0 aromatic carbocycles. The van der Waals surface area contributed by atoms with Crippen molar-refractivity contribution in [3.63, 3.8) is 0 Å². The molecule has 0 saturated carbocycles. The number of aromatic nitrogens is 12. The molecule has 0 spiro atoms. The fraction of sp³-hybridized carbons (Fsp3) is 0.385. The van der Waals surface area contributed by atoms with Crippen molar-refractivity contribution in [3.05, 3.63) is 186 Å². The molecule has 8 aromatic heterocycles. The minimum absolute atomic E-state index is 0. The molecule has 0 aliphatic carbocycles. The van der Waals surface area contributed by atoms with E-state index in [1.165, 1.54) is 22.3 Å². The average molecular weight is 1550 g/mol. The van der Waals surface area contributed by atoms with Crippen molar-refractivity contribution in [3.8, 4) is 0 Å². The second kappa shape index (κ2) is 37.7. The van der Waals surface area contributed by atoms with E-state index in [9.17, 15) is 105 Å². The molecule has 0 N–H and O–H groups in total. The first kappa shape index (κ1) is 92.2. The minimum atomic E-state index is -4.89. The summed E-state index contributed by atoms with van der Waals surface area (Å²) in [7, 11) is 0. The van der Waals surface area contributed by atoms with Crippen molar-refractivity contribution in [1.29, 1.82) is 0 Å². The van der Waals surface area contributed by atoms with Gasteiger partial charge in [-0.25, -0.2) is 0 Å². The molecule has 0 amide bonds. The molecule has 0 atom stereocenters. The molecule has 0 bridgehead atoms. The van der Waals surface area contributed by atoms with Crippen LogP contribution in [0.3, 0.4) is 0 Å². The number of hydrogen-bond acceptors (Lipinski definition) is 8. The van der Waals surface area contributed by atoms with Gasteiger partial charge in [-0.05, 0) is 201 Å². The average Bonchev–Trinajstić information content (AvgIpc) is 2.12. The van der Waals surface area contributed by atoms with Crippen LogP contribution in [-0.2, 0) is 118 Å². The van der Waals surface area contributed by atoms with Gasteiger partial charge in [0.1, 0.15) is 22.8 Å². The van der Waals surface area contributed by atoms with E-state index in [1.807, 2.05) is 55.4 Å². The Morgan fingerprint density at radius 2 is 0.326 bits per heavy atom. The van der Waals surface area contributed by atoms with Crippen molar-refractivity contribution in [2.75, 3.05) is 0 Å². The van der Waals surface area contributed by atoms with Gasteiger partial charge in [-0.3, -0.25) is 19.9 Å². The molecule has 8 rings (SSSR count). The van der Waals surface area contributed by atoms with Gasteiger partial charge in [0, 0.05) is 45.6 Å². The van der Waals surface area contributed by atoms with Crippen molar-refractivity contribution in [2.24, 2.45) is 0 Å². The maximum absolute atomic E-state index is 11.7. The molecule has 12 nitrogen and oxygen atoms in total. The minimum Gasteiger partial charge on any atom is -0.571 e. The van der Waals surface area contributed by atoms with E-state index < -0.39 is 95.0 Å². The van der Waals surface area contributed by atoms with Crippen LogP contribution in [0, 0.1) is 83.1 Å². The second-order valence-corrected chi connectivity index (χ2v) is 18.2. The summed E-state index contributed by atoms with van der Waals surface area (Å²) in [5, 5.41) is 18.9. The van der Waals surface area contributed by atoms with Crippen LogP contribution in [0.2, 0.25) is 0 Å². The van der Waals surface area contributed by atoms with E-state index >= 15 is 0 Å². The SMILES string of the molecule is Cc1cc(C)nc(C)c1.Cc1cc(C)nc(C)c1.Cc1cc(C)nc(C)c1.Cc1cc(C)nc(C)c1.FC(F)(F)c1cc(C(F)(F)F)[n-]n1.FC(F)(F)c1cc(C(F)(F)F)[n-]n1.FC(F)(F)c1cc(C(F)(F)F)[n-]n1.FC(F)(F)c1cc(C(F)(F)F)[n-]n1.[Cu+].[Cu+].[Cu+].[Cu+]. The van der Waals surface area contributed by atoms with Crippen LogP contribution in [0.25, 0.3) is 0 Å². The van der Waals surface area contributed by atoms with E-state index in [4.69, 9.17) is 0 Å². The van der Waals surface area contributed by atoms with Crippen LogP contribution >= 0.6 is 0 Å². The molecule has 8 heterocycles. The second-order valence-electron chi connectivity index (χ2n) is 18.2. The molecule has 0 aliphatic heterocycles. The number of halogens is 24. The first-order chi connectivity index (χ1) is 39.6. The van der Waals surface area contributed by atoms with E-state index in [0.717, 1.165) is 45.6 Å². The summed E-state index contributed by atoms with van der Waals surface area (Å²) in [6, 6.07) is 16.1. The quantitative estimate of drug-likeness (QED) is 0.105. The van der Waals surface area contributed by atoms with E-state index in [-0.39, 0.29) is 92.5 Å². The van der Waals surface area contributed by atoms with Gasteiger partial charge in [-0.15, -0.1) is 0 Å². The predicted molar refractivity (Wildman–Crippen MR) is 264 cm³/mol. The van der Waals surface area contributed by atoms with Gasteiger partial charge in [-0.1, -0.05) is 0 Å². The first-order valence-corrected chi connectivity index (χ1v) is 23.8. The summed E-state index contributed by atoms with van der Waals surface area (Å²) < 4.78 is 281. The van der Waals surface area contributed by atoms with Crippen molar-refractivity contribution in [2.45, 2.75) is 132 Å². The molecule has 0 radical (unpaired) electrons. The summed E-state index contributed by atoms with van der Waals surface area (Å²) in [6.07, 6.45) is -39.1. The number of alkyl halides is 24. The Bertz CT molecular complexity index is 2660. The van der Waals surface area contributed by atoms with Crippen LogP contribution in [0.15, 0.2) is 72.8 Å². The molecule has 0 fully saturated rings. The third-order valence-corrected chi connectivity index (χ3v) is 9.38. The van der Waals surface area contributed by atoms with Gasteiger partial charge in [0.05, 0.1) is 0 Å². The fourth-order valence-corrected chi connectivity index (χ4v) is 6.46. The molecule has 528 valence electrons. The van der Waals surface area contributed by atoms with E-state index in [2.05, 4.69) is 137 Å². The maximum atomic E-state index is 11.7. The zero-order valence-corrected chi connectivity index (χ0v) is 52.3. The van der Waals surface area contributed by atoms with Crippen LogP contribution in [0.4, 0.5) is 105 Å². The van der Waals surface area contributed by atoms with Gasteiger partial charge < -0.3 is 40.8 Å². The smallest absolute Gasteiger partial charge is 0.571 e. The number of aryl methyl sites for hydroxylation is 12. The molecule has 8 aromatic rings. The fourth-order valence-electron chi connectivity index (χ4n) is 6.46. The van der Waals surface area contributed by atoms with Crippen LogP contribution in [0.5, 0.6) is 0 Å². The number of hydrogen-bond donors (Lipinski definition) is 0. The molecular weight excluding hydrogens is 1500 g/mol. The van der Waals surface area contributed by atoms with Crippen LogP contribution in [-0.4, -0.2) is 40.3 Å². The van der Waals surface area contributed by atoms with Gasteiger partial charge in [-0.2, -0.15) is 105 Å². The van der Waals surface area contributed by atoms with E-state index in [1.54, 1.807) is 0 Å². The van der Waals surface area contributed by atoms with Crippen LogP contribution < -0.4 is 20.4 Å². The molecule has 92 heavy (non-hydrogen) atoms. The Kier molecular flexibility index (Phi) is 37.8. The topological polar surface area (TPSA) is 160 Å². The largest absolute Gasteiger partial charge is 1.00 e. The number of pyridine rings is 4. The molecule has 40 heteroatoms. The normalized spacial score (nSPS) is 11.3. The molecular formula is C52H48Cu4F24N12. The summed E-state index contributed by atoms with van der Waals surface area (Å²) in [5.41, 5.74) is 0.888. The van der Waals surface area contributed by atoms with Gasteiger partial charge in [0.25, 0.3) is 0 Å². The Balaban J connectivity index is -0.000000480. The molecule has 0 saturated heterocycles. The molecule has 0 aliphatic rings. The maximum Gasteiger partial charge on any atom is 1.00 e. The van der Waals surface area contributed by atoms with Gasteiger partial charge in [0.2, 0.25) is 0 Å². The zero-order valence-electron chi connectivity index (χ0n) is 48.6. The summed E-state index contributed by atoms with van der Waals surface area (Å²) in [4.78, 5) is 16.9. The summed E-state index contributed by atoms with van der Waals surface area (Å²) in [6.45, 7) is 24.5. The number of nitrogens with zero attached hydrogens (tertiary/aromatic N) is 12. The predicted octanol–water partition coefficient (Wildman–Crippen LogP) is 16.3. The van der Waals surface area contributed by atoms with Gasteiger partial charge >= 0.3 is 118 Å². The third kappa shape index (κ3) is 36.3. The Morgan fingerprint density at radius 3 is 0.391 bits per heavy atom. The Morgan fingerprint density at radius 1 is 0.207 bits per heavy atom. The van der Waals surface area contributed by atoms with Crippen molar-refractivity contribution >= 4 is 0 Å². The van der Waals surface area contributed by atoms with Crippen molar-refractivity contribution in [1.82, 2.24) is 60.7 Å². The zero-order chi connectivity index (χ0) is 68.5. The Labute approximate surface area is 550 Å². The van der Waals surface area contributed by atoms with E-state index in [0.29, 0.717) is 0 Å². The first-order valence-electron chi connectivity index (χ1n) is 23.8. The van der Waals surface area contributed by atoms with Crippen LogP contribution in [0.1, 0.15) is 113 Å². The third-order valence-electron chi connectivity index (χ3n) is 9.38.